The van der Waals surface area contributed by atoms with Crippen molar-refractivity contribution in [1.82, 2.24) is 10.2 Å². The number of nitrogens with one attached hydrogen (secondary N) is 1. The molecule has 1 fully saturated rings. The minimum atomic E-state index is -2.88. The molecular weight excluding hydrogens is 266 g/mol. The lowest BCUT2D eigenvalue weighted by Crippen LogP contribution is -2.52. The average Bonchev–Trinajstić information content (AvgIpc) is 2.41. The third kappa shape index (κ3) is 3.66. The first kappa shape index (κ1) is 14.7. The van der Waals surface area contributed by atoms with Crippen molar-refractivity contribution in [3.8, 4) is 5.75 Å². The molecule has 0 bridgehead atoms. The van der Waals surface area contributed by atoms with Gasteiger partial charge in [0.25, 0.3) is 0 Å². The number of nitrogens with zero attached hydrogens (tertiary/aromatic N) is 1. The normalized spacial score (nSPS) is 19.2. The van der Waals surface area contributed by atoms with Gasteiger partial charge in [0.15, 0.2) is 0 Å². The summed E-state index contributed by atoms with van der Waals surface area (Å²) in [5, 5.41) is 3.20. The van der Waals surface area contributed by atoms with Gasteiger partial charge in [0.2, 0.25) is 5.91 Å². The maximum atomic E-state index is 12.3. The maximum absolute atomic E-state index is 12.3. The van der Waals surface area contributed by atoms with Gasteiger partial charge in [-0.15, -0.1) is 0 Å². The number of hydrogen-bond acceptors (Lipinski definition) is 3. The smallest absolute Gasteiger partial charge is 0.387 e. The topological polar surface area (TPSA) is 41.6 Å². The fourth-order valence-electron chi connectivity index (χ4n) is 2.34. The lowest BCUT2D eigenvalue weighted by Gasteiger charge is -2.34. The van der Waals surface area contributed by atoms with Crippen molar-refractivity contribution < 1.29 is 18.3 Å². The molecule has 0 saturated carbocycles. The number of ether oxygens (including phenoxy) is 1. The van der Waals surface area contributed by atoms with Gasteiger partial charge in [-0.05, 0) is 13.0 Å². The van der Waals surface area contributed by atoms with Crippen LogP contribution in [0.3, 0.4) is 0 Å². The van der Waals surface area contributed by atoms with Crippen LogP contribution in [0.1, 0.15) is 12.5 Å². The monoisotopic (exact) mass is 284 g/mol. The molecule has 1 unspecified atom stereocenters. The van der Waals surface area contributed by atoms with Crippen molar-refractivity contribution in [3.63, 3.8) is 0 Å². The van der Waals surface area contributed by atoms with Crippen molar-refractivity contribution in [1.29, 1.82) is 0 Å². The first-order valence-electron chi connectivity index (χ1n) is 6.61. The second-order valence-corrected chi connectivity index (χ2v) is 4.80. The fourth-order valence-corrected chi connectivity index (χ4v) is 2.34. The average molecular weight is 284 g/mol. The molecular formula is C14H18F2N2O2. The van der Waals surface area contributed by atoms with Gasteiger partial charge in [-0.25, -0.2) is 0 Å². The van der Waals surface area contributed by atoms with Crippen molar-refractivity contribution in [2.45, 2.75) is 26.0 Å². The Bertz CT molecular complexity index is 468. The number of hydrogen-bond donors (Lipinski definition) is 1. The van der Waals surface area contributed by atoms with Gasteiger partial charge < -0.3 is 15.0 Å². The Hall–Kier alpha value is -1.69. The van der Waals surface area contributed by atoms with E-state index in [0.29, 0.717) is 12.1 Å². The first-order chi connectivity index (χ1) is 9.58. The van der Waals surface area contributed by atoms with E-state index in [9.17, 15) is 13.6 Å². The number of rotatable bonds is 4. The van der Waals surface area contributed by atoms with E-state index in [1.54, 1.807) is 23.1 Å². The third-order valence-corrected chi connectivity index (χ3v) is 3.35. The number of carbonyl (C=O) groups is 1. The zero-order valence-corrected chi connectivity index (χ0v) is 11.3. The molecule has 1 saturated heterocycles. The van der Waals surface area contributed by atoms with Gasteiger partial charge in [-0.1, -0.05) is 18.2 Å². The van der Waals surface area contributed by atoms with Crippen LogP contribution in [0, 0.1) is 0 Å². The predicted octanol–water partition coefficient (Wildman–Crippen LogP) is 1.65. The highest BCUT2D eigenvalue weighted by Gasteiger charge is 2.24. The molecule has 0 aromatic heterocycles. The molecule has 1 N–H and O–H groups in total. The zero-order valence-electron chi connectivity index (χ0n) is 11.3. The van der Waals surface area contributed by atoms with Gasteiger partial charge in [0.1, 0.15) is 5.75 Å². The highest BCUT2D eigenvalue weighted by Crippen LogP contribution is 2.21. The third-order valence-electron chi connectivity index (χ3n) is 3.35. The molecule has 1 aliphatic rings. The number of benzene rings is 1. The van der Waals surface area contributed by atoms with Gasteiger partial charge in [-0.2, -0.15) is 8.78 Å². The number of amides is 1. The first-order valence-corrected chi connectivity index (χ1v) is 6.61. The number of carbonyl (C=O) groups excluding carboxylic acids is 1. The Morgan fingerprint density at radius 2 is 2.25 bits per heavy atom. The molecule has 20 heavy (non-hydrogen) atoms. The summed E-state index contributed by atoms with van der Waals surface area (Å²) < 4.78 is 29.1. The van der Waals surface area contributed by atoms with E-state index in [0.717, 1.165) is 13.1 Å². The SMILES string of the molecule is CC1CNCCN1C(=O)Cc1ccccc1OC(F)F. The number of halogens is 2. The van der Waals surface area contributed by atoms with E-state index in [1.807, 2.05) is 6.92 Å². The molecule has 6 heteroatoms. The molecule has 2 rings (SSSR count). The van der Waals surface area contributed by atoms with Crippen molar-refractivity contribution in [2.24, 2.45) is 0 Å². The summed E-state index contributed by atoms with van der Waals surface area (Å²) in [6.45, 7) is 1.22. The van der Waals surface area contributed by atoms with Crippen LogP contribution in [0.4, 0.5) is 8.78 Å². The summed E-state index contributed by atoms with van der Waals surface area (Å²) in [5.41, 5.74) is 0.489. The van der Waals surface area contributed by atoms with E-state index < -0.39 is 6.61 Å². The van der Waals surface area contributed by atoms with Gasteiger partial charge >= 0.3 is 6.61 Å². The van der Waals surface area contributed by atoms with Crippen molar-refractivity contribution >= 4 is 5.91 Å². The van der Waals surface area contributed by atoms with Crippen molar-refractivity contribution in [2.75, 3.05) is 19.6 Å². The van der Waals surface area contributed by atoms with Gasteiger partial charge in [-0.3, -0.25) is 4.79 Å². The molecule has 0 radical (unpaired) electrons. The van der Waals surface area contributed by atoms with E-state index in [1.165, 1.54) is 6.07 Å². The Labute approximate surface area is 116 Å². The van der Waals surface area contributed by atoms with Crippen LogP contribution >= 0.6 is 0 Å². The molecule has 0 aliphatic carbocycles. The van der Waals surface area contributed by atoms with Crippen LogP contribution in [0.2, 0.25) is 0 Å². The molecule has 1 aliphatic heterocycles. The summed E-state index contributed by atoms with van der Waals surface area (Å²) in [4.78, 5) is 14.0. The molecule has 0 spiro atoms. The maximum Gasteiger partial charge on any atom is 0.387 e. The zero-order chi connectivity index (χ0) is 14.5. The summed E-state index contributed by atoms with van der Waals surface area (Å²) in [6.07, 6.45) is 0.0766. The second kappa shape index (κ2) is 6.65. The molecule has 1 aromatic rings. The quantitative estimate of drug-likeness (QED) is 0.914. The van der Waals surface area contributed by atoms with Crippen LogP contribution in [-0.2, 0) is 11.2 Å². The Morgan fingerprint density at radius 3 is 2.95 bits per heavy atom. The molecule has 4 nitrogen and oxygen atoms in total. The Balaban J connectivity index is 2.07. The van der Waals surface area contributed by atoms with E-state index in [4.69, 9.17) is 0 Å². The molecule has 1 heterocycles. The highest BCUT2D eigenvalue weighted by atomic mass is 19.3. The summed E-state index contributed by atoms with van der Waals surface area (Å²) >= 11 is 0. The molecule has 1 amide bonds. The van der Waals surface area contributed by atoms with Crippen LogP contribution in [-0.4, -0.2) is 43.1 Å². The Morgan fingerprint density at radius 1 is 1.50 bits per heavy atom. The van der Waals surface area contributed by atoms with Crippen LogP contribution in [0.25, 0.3) is 0 Å². The minimum Gasteiger partial charge on any atom is -0.435 e. The number of piperazine rings is 1. The summed E-state index contributed by atoms with van der Waals surface area (Å²) in [5.74, 6) is 0.00274. The molecule has 110 valence electrons. The van der Waals surface area contributed by atoms with E-state index >= 15 is 0 Å². The number of alkyl halides is 2. The Kier molecular flexibility index (Phi) is 4.89. The van der Waals surface area contributed by atoms with Gasteiger partial charge in [0, 0.05) is 31.2 Å². The van der Waals surface area contributed by atoms with Crippen molar-refractivity contribution in [3.05, 3.63) is 29.8 Å². The van der Waals surface area contributed by atoms with E-state index in [2.05, 4.69) is 10.1 Å². The standard InChI is InChI=1S/C14H18F2N2O2/c1-10-9-17-6-7-18(10)13(19)8-11-4-2-3-5-12(11)20-14(15)16/h2-5,10,14,17H,6-9H2,1H3. The lowest BCUT2D eigenvalue weighted by atomic mass is 10.1. The lowest BCUT2D eigenvalue weighted by molar-refractivity contribution is -0.133. The van der Waals surface area contributed by atoms with Crippen LogP contribution in [0.5, 0.6) is 5.75 Å². The van der Waals surface area contributed by atoms with E-state index in [-0.39, 0.29) is 24.1 Å². The highest BCUT2D eigenvalue weighted by molar-refractivity contribution is 5.80. The second-order valence-electron chi connectivity index (χ2n) is 4.80. The van der Waals surface area contributed by atoms with Gasteiger partial charge in [0.05, 0.1) is 6.42 Å². The largest absolute Gasteiger partial charge is 0.435 e. The summed E-state index contributed by atoms with van der Waals surface area (Å²) in [7, 11) is 0. The molecule has 1 atom stereocenters. The van der Waals surface area contributed by atoms with Crippen LogP contribution < -0.4 is 10.1 Å². The van der Waals surface area contributed by atoms with Crippen LogP contribution in [0.15, 0.2) is 24.3 Å². The fraction of sp³-hybridized carbons (Fsp3) is 0.500. The summed E-state index contributed by atoms with van der Waals surface area (Å²) in [6, 6.07) is 6.53. The molecule has 1 aromatic carbocycles. The minimum absolute atomic E-state index is 0.0654. The predicted molar refractivity (Wildman–Crippen MR) is 70.8 cm³/mol. The number of para-hydroxylation sites is 1.